The van der Waals surface area contributed by atoms with Gasteiger partial charge in [0.25, 0.3) is 0 Å². The largest absolute Gasteiger partial charge is 0.493 e. The second-order valence-corrected chi connectivity index (χ2v) is 20.6. The molecule has 0 saturated carbocycles. The highest BCUT2D eigenvalue weighted by atomic mass is 32.1. The van der Waals surface area contributed by atoms with Crippen molar-refractivity contribution in [2.45, 2.75) is 19.3 Å². The monoisotopic (exact) mass is 1010 g/mol. The Bertz CT molecular complexity index is 4040. The van der Waals surface area contributed by atoms with Crippen LogP contribution >= 0.6 is 11.7 Å². The number of rotatable bonds is 14. The smallest absolute Gasteiger partial charge is 0.129 e. The first-order valence-electron chi connectivity index (χ1n) is 26.4. The summed E-state index contributed by atoms with van der Waals surface area (Å²) in [5.74, 6) is 1.35. The van der Waals surface area contributed by atoms with Gasteiger partial charge in [-0.1, -0.05) is 214 Å². The number of anilines is 3. The van der Waals surface area contributed by atoms with E-state index >= 15 is 0 Å². The number of fused-ring (bicyclic) bond motifs is 4. The van der Waals surface area contributed by atoms with Gasteiger partial charge in [-0.05, 0) is 129 Å². The van der Waals surface area contributed by atoms with Crippen LogP contribution in [0.3, 0.4) is 0 Å². The Balaban J connectivity index is 0.919. The van der Waals surface area contributed by atoms with E-state index in [1.54, 1.807) is 0 Å². The van der Waals surface area contributed by atoms with Crippen LogP contribution in [0.5, 0.6) is 5.75 Å². The van der Waals surface area contributed by atoms with E-state index in [1.165, 1.54) is 50.3 Å². The van der Waals surface area contributed by atoms with E-state index in [-0.39, 0.29) is 0 Å². The first-order valence-corrected chi connectivity index (χ1v) is 27.1. The van der Waals surface area contributed by atoms with Crippen molar-refractivity contribution in [2.75, 3.05) is 11.5 Å². The second-order valence-electron chi connectivity index (χ2n) is 20.1. The SMILES string of the molecule is CC(C)COc1ccc(-c2ccc(N(c3ccc(-c4ccccc4)cc3)c3ccc(-c4cccc5c4c4ccccc4n5-c4ccc(C(c5ccccc5)(c5ccccc5)c5ccccc5)cc4)c4nsnc34)cc2)cc1. The molecule has 2 aromatic heterocycles. The molecule has 6 heteroatoms. The molecule has 2 heterocycles. The molecular weight excluding hydrogens is 957 g/mol. The zero-order valence-corrected chi connectivity index (χ0v) is 43.7. The van der Waals surface area contributed by atoms with E-state index in [4.69, 9.17) is 13.5 Å². The van der Waals surface area contributed by atoms with Gasteiger partial charge in [0.1, 0.15) is 16.8 Å². The van der Waals surface area contributed by atoms with Crippen LogP contribution in [0.15, 0.2) is 273 Å². The minimum Gasteiger partial charge on any atom is -0.493 e. The maximum atomic E-state index is 6.00. The van der Waals surface area contributed by atoms with Crippen molar-refractivity contribution >= 4 is 61.6 Å². The Hall–Kier alpha value is -9.36. The molecular formula is C71H54N4OS. The lowest BCUT2D eigenvalue weighted by molar-refractivity contribution is 0.271. The van der Waals surface area contributed by atoms with Crippen molar-refractivity contribution in [2.24, 2.45) is 5.92 Å². The van der Waals surface area contributed by atoms with Gasteiger partial charge in [-0.15, -0.1) is 0 Å². The standard InChI is InChI=1S/C71H54N4OS/c1-49(2)48-76-61-44-34-53(35-45-61)52-32-40-59(41-33-52)74(58-38-30-51(31-39-58)50-18-7-3-8-19-50)67-47-46-63(69-70(67)73-77-72-69)62-27-17-29-66-68(62)64-26-15-16-28-65(64)75(66)60-42-36-57(37-43-60)71(54-20-9-4-10-21-54,55-22-11-5-12-23-55)56-24-13-6-14-25-56/h3-47,49H,48H2,1-2H3. The molecule has 370 valence electrons. The number of hydrogen-bond donors (Lipinski definition) is 0. The van der Waals surface area contributed by atoms with Gasteiger partial charge in [0, 0.05) is 33.4 Å². The quantitative estimate of drug-likeness (QED) is 0.102. The number of aromatic nitrogens is 3. The molecule has 0 fully saturated rings. The fourth-order valence-corrected chi connectivity index (χ4v) is 11.9. The summed E-state index contributed by atoms with van der Waals surface area (Å²) in [4.78, 5) is 2.31. The average Bonchev–Trinajstić information content (AvgIpc) is 4.18. The van der Waals surface area contributed by atoms with Gasteiger partial charge < -0.3 is 14.2 Å². The van der Waals surface area contributed by atoms with Crippen LogP contribution in [-0.4, -0.2) is 19.9 Å². The van der Waals surface area contributed by atoms with Crippen molar-refractivity contribution < 1.29 is 4.74 Å². The highest BCUT2D eigenvalue weighted by Gasteiger charge is 2.38. The molecule has 0 aliphatic rings. The predicted molar refractivity (Wildman–Crippen MR) is 321 cm³/mol. The molecule has 0 amide bonds. The van der Waals surface area contributed by atoms with Gasteiger partial charge in [-0.3, -0.25) is 0 Å². The zero-order chi connectivity index (χ0) is 51.7. The van der Waals surface area contributed by atoms with E-state index in [9.17, 15) is 0 Å². The summed E-state index contributed by atoms with van der Waals surface area (Å²) in [6.07, 6.45) is 0. The van der Waals surface area contributed by atoms with Crippen LogP contribution in [0, 0.1) is 5.92 Å². The lowest BCUT2D eigenvalue weighted by atomic mass is 9.65. The van der Waals surface area contributed by atoms with Gasteiger partial charge in [-0.25, -0.2) is 0 Å². The zero-order valence-electron chi connectivity index (χ0n) is 42.9. The summed E-state index contributed by atoms with van der Waals surface area (Å²) < 4.78 is 18.6. The first kappa shape index (κ1) is 47.4. The van der Waals surface area contributed by atoms with E-state index in [0.29, 0.717) is 12.5 Å². The molecule has 13 aromatic rings. The number of para-hydroxylation sites is 1. The summed E-state index contributed by atoms with van der Waals surface area (Å²) in [6.45, 7) is 5.02. The third kappa shape index (κ3) is 8.63. The highest BCUT2D eigenvalue weighted by Crippen LogP contribution is 2.48. The summed E-state index contributed by atoms with van der Waals surface area (Å²) in [5, 5.41) is 2.35. The molecule has 11 aromatic carbocycles. The fourth-order valence-electron chi connectivity index (χ4n) is 11.4. The molecule has 0 N–H and O–H groups in total. The fraction of sp³-hybridized carbons (Fsp3) is 0.0704. The predicted octanol–water partition coefficient (Wildman–Crippen LogP) is 18.7. The first-order chi connectivity index (χ1) is 38.0. The summed E-state index contributed by atoms with van der Waals surface area (Å²) in [7, 11) is 0. The van der Waals surface area contributed by atoms with E-state index < -0.39 is 5.41 Å². The molecule has 0 saturated heterocycles. The second kappa shape index (κ2) is 20.4. The molecule has 0 bridgehead atoms. The summed E-state index contributed by atoms with van der Waals surface area (Å²) in [6, 6.07) is 98.4. The molecule has 0 radical (unpaired) electrons. The van der Waals surface area contributed by atoms with E-state index in [0.717, 1.165) is 78.4 Å². The lowest BCUT2D eigenvalue weighted by Gasteiger charge is -2.37. The Morgan fingerprint density at radius 2 is 0.909 bits per heavy atom. The van der Waals surface area contributed by atoms with Crippen molar-refractivity contribution in [3.8, 4) is 44.8 Å². The maximum Gasteiger partial charge on any atom is 0.129 e. The highest BCUT2D eigenvalue weighted by molar-refractivity contribution is 7.00. The third-order valence-electron chi connectivity index (χ3n) is 14.9. The molecule has 0 aliphatic carbocycles. The Morgan fingerprint density at radius 1 is 0.429 bits per heavy atom. The molecule has 0 spiro atoms. The van der Waals surface area contributed by atoms with Crippen LogP contribution in [-0.2, 0) is 5.41 Å². The molecule has 13 rings (SSSR count). The Labute approximate surface area is 453 Å². The van der Waals surface area contributed by atoms with Crippen LogP contribution in [0.4, 0.5) is 17.1 Å². The van der Waals surface area contributed by atoms with Crippen molar-refractivity contribution in [1.29, 1.82) is 0 Å². The Kier molecular flexibility index (Phi) is 12.5. The molecule has 0 atom stereocenters. The molecule has 5 nitrogen and oxygen atoms in total. The maximum absolute atomic E-state index is 6.00. The number of nitrogens with zero attached hydrogens (tertiary/aromatic N) is 4. The number of ether oxygens (including phenoxy) is 1. The van der Waals surface area contributed by atoms with Crippen LogP contribution in [0.1, 0.15) is 36.1 Å². The normalized spacial score (nSPS) is 11.7. The van der Waals surface area contributed by atoms with Crippen LogP contribution < -0.4 is 9.64 Å². The number of benzene rings is 11. The molecule has 77 heavy (non-hydrogen) atoms. The van der Waals surface area contributed by atoms with Crippen LogP contribution in [0.25, 0.3) is 71.9 Å². The molecule has 0 aliphatic heterocycles. The average molecular weight is 1010 g/mol. The topological polar surface area (TPSA) is 43.2 Å². The minimum absolute atomic E-state index is 0.463. The van der Waals surface area contributed by atoms with Crippen LogP contribution in [0.2, 0.25) is 0 Å². The van der Waals surface area contributed by atoms with Gasteiger partial charge >= 0.3 is 0 Å². The van der Waals surface area contributed by atoms with Gasteiger partial charge in [-0.2, -0.15) is 8.75 Å². The van der Waals surface area contributed by atoms with Gasteiger partial charge in [0.05, 0.1) is 40.5 Å². The molecule has 0 unspecified atom stereocenters. The summed E-state index contributed by atoms with van der Waals surface area (Å²) in [5.41, 5.74) is 19.1. The number of hydrogen-bond acceptors (Lipinski definition) is 5. The lowest BCUT2D eigenvalue weighted by Crippen LogP contribution is -2.30. The van der Waals surface area contributed by atoms with E-state index in [1.807, 2.05) is 0 Å². The van der Waals surface area contributed by atoms with Crippen molar-refractivity contribution in [3.63, 3.8) is 0 Å². The minimum atomic E-state index is -0.546. The van der Waals surface area contributed by atoms with Gasteiger partial charge in [0.15, 0.2) is 0 Å². The Morgan fingerprint density at radius 3 is 1.48 bits per heavy atom. The summed E-state index contributed by atoms with van der Waals surface area (Å²) >= 11 is 1.26. The van der Waals surface area contributed by atoms with Crippen molar-refractivity contribution in [3.05, 3.63) is 295 Å². The van der Waals surface area contributed by atoms with Crippen molar-refractivity contribution in [1.82, 2.24) is 13.3 Å². The third-order valence-corrected chi connectivity index (χ3v) is 15.5. The van der Waals surface area contributed by atoms with Gasteiger partial charge in [0.2, 0.25) is 0 Å². The van der Waals surface area contributed by atoms with E-state index in [2.05, 4.69) is 296 Å².